The first-order chi connectivity index (χ1) is 15.0. The van der Waals surface area contributed by atoms with E-state index in [0.717, 1.165) is 0 Å². The average molecular weight is 458 g/mol. The molecule has 3 aromatic rings. The van der Waals surface area contributed by atoms with Crippen molar-refractivity contribution in [2.75, 3.05) is 23.8 Å². The number of carbonyl (C=O) groups excluding carboxylic acids is 3. The minimum absolute atomic E-state index is 0.217. The molecule has 3 rings (SSSR count). The Morgan fingerprint density at radius 1 is 1.00 bits per heavy atom. The summed E-state index contributed by atoms with van der Waals surface area (Å²) in [7, 11) is 0. The molecule has 9 heteroatoms. The largest absolute Gasteiger partial charge is 0.494 e. The molecule has 0 aliphatic heterocycles. The van der Waals surface area contributed by atoms with Gasteiger partial charge in [-0.3, -0.25) is 14.4 Å². The molecule has 3 amide bonds. The number of hydrogen-bond donors (Lipinski definition) is 3. The Balaban J connectivity index is 1.56. The Labute approximate surface area is 188 Å². The molecule has 0 radical (unpaired) electrons. The summed E-state index contributed by atoms with van der Waals surface area (Å²) in [5.74, 6) is -0.453. The van der Waals surface area contributed by atoms with Gasteiger partial charge in [0.25, 0.3) is 11.8 Å². The van der Waals surface area contributed by atoms with E-state index in [2.05, 4.69) is 16.0 Å². The molecule has 1 heterocycles. The monoisotopic (exact) mass is 457 g/mol. The SMILES string of the molecule is CCOc1ccc(NC(=O)CNC(=O)c2ccc(Cl)c(NC(=O)c3cccs3)c2)cc1. The Hall–Kier alpha value is -3.36. The van der Waals surface area contributed by atoms with Crippen LogP contribution in [0.25, 0.3) is 0 Å². The van der Waals surface area contributed by atoms with Crippen LogP contribution in [-0.2, 0) is 4.79 Å². The van der Waals surface area contributed by atoms with Gasteiger partial charge >= 0.3 is 0 Å². The molecule has 0 saturated carbocycles. The fourth-order valence-corrected chi connectivity index (χ4v) is 3.41. The highest BCUT2D eigenvalue weighted by atomic mass is 35.5. The number of amides is 3. The first-order valence-corrected chi connectivity index (χ1v) is 10.7. The van der Waals surface area contributed by atoms with Crippen LogP contribution in [0.3, 0.4) is 0 Å². The van der Waals surface area contributed by atoms with E-state index in [1.54, 1.807) is 41.8 Å². The summed E-state index contributed by atoms with van der Waals surface area (Å²) in [5, 5.41) is 10.0. The maximum absolute atomic E-state index is 12.4. The van der Waals surface area contributed by atoms with E-state index in [4.69, 9.17) is 16.3 Å². The molecule has 0 saturated heterocycles. The summed E-state index contributed by atoms with van der Waals surface area (Å²) < 4.78 is 5.35. The Kier molecular flexibility index (Phi) is 7.64. The predicted molar refractivity (Wildman–Crippen MR) is 122 cm³/mol. The van der Waals surface area contributed by atoms with Crippen molar-refractivity contribution in [1.29, 1.82) is 0 Å². The zero-order chi connectivity index (χ0) is 22.2. The lowest BCUT2D eigenvalue weighted by atomic mass is 10.2. The van der Waals surface area contributed by atoms with Crippen molar-refractivity contribution in [3.05, 3.63) is 75.4 Å². The first kappa shape index (κ1) is 22.3. The molecule has 0 unspecified atom stereocenters. The number of benzene rings is 2. The summed E-state index contributed by atoms with van der Waals surface area (Å²) in [6.45, 7) is 2.23. The summed E-state index contributed by atoms with van der Waals surface area (Å²) >= 11 is 7.43. The number of hydrogen-bond acceptors (Lipinski definition) is 5. The molecular formula is C22H20ClN3O4S. The highest BCUT2D eigenvalue weighted by molar-refractivity contribution is 7.12. The lowest BCUT2D eigenvalue weighted by Crippen LogP contribution is -2.32. The lowest BCUT2D eigenvalue weighted by molar-refractivity contribution is -0.115. The smallest absolute Gasteiger partial charge is 0.265 e. The van der Waals surface area contributed by atoms with Crippen LogP contribution in [0.2, 0.25) is 5.02 Å². The number of anilines is 2. The second-order valence-corrected chi connectivity index (χ2v) is 7.67. The van der Waals surface area contributed by atoms with E-state index in [9.17, 15) is 14.4 Å². The quantitative estimate of drug-likeness (QED) is 0.466. The van der Waals surface area contributed by atoms with Gasteiger partial charge in [-0.15, -0.1) is 11.3 Å². The van der Waals surface area contributed by atoms with Crippen LogP contribution in [0.15, 0.2) is 60.0 Å². The van der Waals surface area contributed by atoms with Crippen molar-refractivity contribution in [3.8, 4) is 5.75 Å². The summed E-state index contributed by atoms with van der Waals surface area (Å²) in [4.78, 5) is 37.3. The van der Waals surface area contributed by atoms with Crippen molar-refractivity contribution >= 4 is 52.0 Å². The Morgan fingerprint density at radius 3 is 2.45 bits per heavy atom. The van der Waals surface area contributed by atoms with Crippen molar-refractivity contribution in [2.24, 2.45) is 0 Å². The maximum atomic E-state index is 12.4. The molecule has 160 valence electrons. The fourth-order valence-electron chi connectivity index (χ4n) is 2.62. The van der Waals surface area contributed by atoms with E-state index in [1.165, 1.54) is 29.5 Å². The third-order valence-electron chi connectivity index (χ3n) is 4.08. The number of rotatable bonds is 8. The fraction of sp³-hybridized carbons (Fsp3) is 0.136. The number of carbonyl (C=O) groups is 3. The van der Waals surface area contributed by atoms with Crippen LogP contribution < -0.4 is 20.7 Å². The number of thiophene rings is 1. The number of nitrogens with one attached hydrogen (secondary N) is 3. The molecule has 1 aromatic heterocycles. The maximum Gasteiger partial charge on any atom is 0.265 e. The topological polar surface area (TPSA) is 96.5 Å². The second-order valence-electron chi connectivity index (χ2n) is 6.31. The molecule has 2 aromatic carbocycles. The van der Waals surface area contributed by atoms with Crippen molar-refractivity contribution in [3.63, 3.8) is 0 Å². The Morgan fingerprint density at radius 2 is 1.77 bits per heavy atom. The van der Waals surface area contributed by atoms with Crippen molar-refractivity contribution in [1.82, 2.24) is 5.32 Å². The van der Waals surface area contributed by atoms with Crippen LogP contribution in [0.4, 0.5) is 11.4 Å². The van der Waals surface area contributed by atoms with Crippen LogP contribution in [-0.4, -0.2) is 30.9 Å². The predicted octanol–water partition coefficient (Wildman–Crippen LogP) is 4.42. The van der Waals surface area contributed by atoms with E-state index in [1.807, 2.05) is 6.92 Å². The van der Waals surface area contributed by atoms with Gasteiger partial charge in [0.2, 0.25) is 5.91 Å². The van der Waals surface area contributed by atoms with E-state index in [0.29, 0.717) is 33.6 Å². The number of halogens is 1. The third kappa shape index (κ3) is 6.31. The van der Waals surface area contributed by atoms with Gasteiger partial charge in [-0.1, -0.05) is 17.7 Å². The second kappa shape index (κ2) is 10.6. The van der Waals surface area contributed by atoms with Gasteiger partial charge in [0.05, 0.1) is 28.7 Å². The molecular weight excluding hydrogens is 438 g/mol. The van der Waals surface area contributed by atoms with Gasteiger partial charge in [-0.05, 0) is 60.8 Å². The molecule has 0 aliphatic carbocycles. The zero-order valence-electron chi connectivity index (χ0n) is 16.6. The van der Waals surface area contributed by atoms with Gasteiger partial charge in [-0.2, -0.15) is 0 Å². The molecule has 3 N–H and O–H groups in total. The van der Waals surface area contributed by atoms with Crippen LogP contribution in [0, 0.1) is 0 Å². The van der Waals surface area contributed by atoms with Gasteiger partial charge in [0.1, 0.15) is 5.75 Å². The van der Waals surface area contributed by atoms with Crippen molar-refractivity contribution < 1.29 is 19.1 Å². The van der Waals surface area contributed by atoms with E-state index >= 15 is 0 Å². The lowest BCUT2D eigenvalue weighted by Gasteiger charge is -2.10. The van der Waals surface area contributed by atoms with E-state index < -0.39 is 5.91 Å². The molecule has 0 spiro atoms. The van der Waals surface area contributed by atoms with Crippen molar-refractivity contribution in [2.45, 2.75) is 6.92 Å². The minimum atomic E-state index is -0.467. The van der Waals surface area contributed by atoms with Gasteiger partial charge in [0, 0.05) is 11.3 Å². The molecule has 0 bridgehead atoms. The third-order valence-corrected chi connectivity index (χ3v) is 5.28. The standard InChI is InChI=1S/C22H20ClN3O4S/c1-2-30-16-8-6-15(7-9-16)25-20(27)13-24-21(28)14-5-10-17(23)18(12-14)26-22(29)19-4-3-11-31-19/h3-12H,2,13H2,1H3,(H,24,28)(H,25,27)(H,26,29). The van der Waals surface area contributed by atoms with Gasteiger partial charge < -0.3 is 20.7 Å². The van der Waals surface area contributed by atoms with Crippen LogP contribution in [0.5, 0.6) is 5.75 Å². The minimum Gasteiger partial charge on any atom is -0.494 e. The first-order valence-electron chi connectivity index (χ1n) is 9.41. The highest BCUT2D eigenvalue weighted by Gasteiger charge is 2.14. The summed E-state index contributed by atoms with van der Waals surface area (Å²) in [5.41, 5.74) is 1.17. The van der Waals surface area contributed by atoms with E-state index in [-0.39, 0.29) is 23.9 Å². The summed E-state index contributed by atoms with van der Waals surface area (Å²) in [6, 6.07) is 14.9. The zero-order valence-corrected chi connectivity index (χ0v) is 18.2. The van der Waals surface area contributed by atoms with Crippen LogP contribution in [0.1, 0.15) is 27.0 Å². The number of ether oxygens (including phenoxy) is 1. The summed E-state index contributed by atoms with van der Waals surface area (Å²) in [6.07, 6.45) is 0. The molecule has 31 heavy (non-hydrogen) atoms. The molecule has 0 fully saturated rings. The van der Waals surface area contributed by atoms with Gasteiger partial charge in [0.15, 0.2) is 0 Å². The molecule has 0 aliphatic rings. The average Bonchev–Trinajstić information content (AvgIpc) is 3.30. The normalized spacial score (nSPS) is 10.3. The van der Waals surface area contributed by atoms with Gasteiger partial charge in [-0.25, -0.2) is 0 Å². The molecule has 7 nitrogen and oxygen atoms in total. The highest BCUT2D eigenvalue weighted by Crippen LogP contribution is 2.24. The molecule has 0 atom stereocenters. The Bertz CT molecular complexity index is 1070. The van der Waals surface area contributed by atoms with Crippen LogP contribution >= 0.6 is 22.9 Å².